The number of esters is 1. The number of nitrogens with one attached hydrogen (secondary N) is 1. The number of carbonyl (C=O) groups is 2. The standard InChI is InChI=1S/C19H21NO5/c1-3-14-8-10-15(11-9-14)24-13-19(22)25-12-18(21)20-16-6-4-5-7-17(16)23-2/h4-11H,3,12-13H2,1-2H3,(H,20,21). The molecule has 1 amide bonds. The SMILES string of the molecule is CCc1ccc(OCC(=O)OCC(=O)Nc2ccccc2OC)cc1. The first-order valence-electron chi connectivity index (χ1n) is 7.92. The van der Waals surface area contributed by atoms with Crippen LogP contribution in [0, 0.1) is 0 Å². The van der Waals surface area contributed by atoms with Crippen LogP contribution < -0.4 is 14.8 Å². The molecular formula is C19H21NO5. The van der Waals surface area contributed by atoms with E-state index < -0.39 is 18.5 Å². The monoisotopic (exact) mass is 343 g/mol. The largest absolute Gasteiger partial charge is 0.495 e. The van der Waals surface area contributed by atoms with Gasteiger partial charge in [-0.1, -0.05) is 31.2 Å². The summed E-state index contributed by atoms with van der Waals surface area (Å²) in [7, 11) is 1.51. The third-order valence-corrected chi connectivity index (χ3v) is 3.43. The van der Waals surface area contributed by atoms with Crippen molar-refractivity contribution in [2.24, 2.45) is 0 Å². The van der Waals surface area contributed by atoms with E-state index in [0.29, 0.717) is 17.2 Å². The summed E-state index contributed by atoms with van der Waals surface area (Å²) in [6.07, 6.45) is 0.934. The lowest BCUT2D eigenvalue weighted by molar-refractivity contribution is -0.149. The molecule has 0 bridgehead atoms. The maximum Gasteiger partial charge on any atom is 0.344 e. The third kappa shape index (κ3) is 5.84. The van der Waals surface area contributed by atoms with E-state index in [1.54, 1.807) is 36.4 Å². The molecule has 0 aromatic heterocycles. The highest BCUT2D eigenvalue weighted by molar-refractivity contribution is 5.94. The molecule has 0 spiro atoms. The zero-order valence-electron chi connectivity index (χ0n) is 14.3. The molecule has 0 saturated carbocycles. The number of hydrogen-bond donors (Lipinski definition) is 1. The Labute approximate surface area is 146 Å². The Morgan fingerprint density at radius 2 is 1.72 bits per heavy atom. The van der Waals surface area contributed by atoms with E-state index in [2.05, 4.69) is 12.2 Å². The van der Waals surface area contributed by atoms with E-state index in [1.165, 1.54) is 12.7 Å². The Hall–Kier alpha value is -3.02. The second-order valence-electron chi connectivity index (χ2n) is 5.20. The lowest BCUT2D eigenvalue weighted by Gasteiger charge is -2.10. The van der Waals surface area contributed by atoms with Crippen LogP contribution in [0.4, 0.5) is 5.69 Å². The number of para-hydroxylation sites is 2. The first-order chi connectivity index (χ1) is 12.1. The van der Waals surface area contributed by atoms with Gasteiger partial charge < -0.3 is 19.5 Å². The Morgan fingerprint density at radius 1 is 1.00 bits per heavy atom. The molecule has 2 aromatic carbocycles. The normalized spacial score (nSPS) is 10.0. The molecular weight excluding hydrogens is 322 g/mol. The van der Waals surface area contributed by atoms with Crippen LogP contribution in [0.1, 0.15) is 12.5 Å². The third-order valence-electron chi connectivity index (χ3n) is 3.43. The van der Waals surface area contributed by atoms with Crippen LogP contribution in [0.5, 0.6) is 11.5 Å². The highest BCUT2D eigenvalue weighted by atomic mass is 16.6. The van der Waals surface area contributed by atoms with E-state index in [0.717, 1.165) is 6.42 Å². The zero-order chi connectivity index (χ0) is 18.1. The maximum absolute atomic E-state index is 11.8. The maximum atomic E-state index is 11.8. The second-order valence-corrected chi connectivity index (χ2v) is 5.20. The van der Waals surface area contributed by atoms with Gasteiger partial charge in [0.1, 0.15) is 11.5 Å². The predicted octanol–water partition coefficient (Wildman–Crippen LogP) is 2.82. The van der Waals surface area contributed by atoms with Gasteiger partial charge in [0.15, 0.2) is 13.2 Å². The number of carbonyl (C=O) groups excluding carboxylic acids is 2. The van der Waals surface area contributed by atoms with Crippen molar-refractivity contribution in [3.8, 4) is 11.5 Å². The van der Waals surface area contributed by atoms with Crippen molar-refractivity contribution >= 4 is 17.6 Å². The van der Waals surface area contributed by atoms with Gasteiger partial charge in [0, 0.05) is 0 Å². The summed E-state index contributed by atoms with van der Waals surface area (Å²) in [4.78, 5) is 23.5. The van der Waals surface area contributed by atoms with Crippen molar-refractivity contribution < 1.29 is 23.8 Å². The van der Waals surface area contributed by atoms with Gasteiger partial charge in [-0.15, -0.1) is 0 Å². The minimum absolute atomic E-state index is 0.257. The minimum Gasteiger partial charge on any atom is -0.495 e. The summed E-state index contributed by atoms with van der Waals surface area (Å²) in [5, 5.41) is 2.62. The number of amides is 1. The van der Waals surface area contributed by atoms with Crippen LogP contribution >= 0.6 is 0 Å². The minimum atomic E-state index is -0.616. The molecule has 0 unspecified atom stereocenters. The number of benzene rings is 2. The molecule has 2 rings (SSSR count). The molecule has 25 heavy (non-hydrogen) atoms. The lowest BCUT2D eigenvalue weighted by Crippen LogP contribution is -2.23. The lowest BCUT2D eigenvalue weighted by atomic mass is 10.2. The van der Waals surface area contributed by atoms with Crippen LogP contribution in [0.15, 0.2) is 48.5 Å². The second kappa shape index (κ2) is 9.32. The number of ether oxygens (including phenoxy) is 3. The summed E-state index contributed by atoms with van der Waals surface area (Å²) >= 11 is 0. The summed E-state index contributed by atoms with van der Waals surface area (Å²) in [6.45, 7) is 1.41. The van der Waals surface area contributed by atoms with Crippen LogP contribution in [-0.2, 0) is 20.7 Å². The number of rotatable bonds is 8. The molecule has 1 N–H and O–H groups in total. The quantitative estimate of drug-likeness (QED) is 0.746. The van der Waals surface area contributed by atoms with Gasteiger partial charge in [0.2, 0.25) is 0 Å². The molecule has 0 fully saturated rings. The highest BCUT2D eigenvalue weighted by Gasteiger charge is 2.10. The summed E-state index contributed by atoms with van der Waals surface area (Å²) in [5.41, 5.74) is 1.70. The van der Waals surface area contributed by atoms with Gasteiger partial charge in [-0.25, -0.2) is 4.79 Å². The molecule has 0 heterocycles. The fraction of sp³-hybridized carbons (Fsp3) is 0.263. The number of methoxy groups -OCH3 is 1. The van der Waals surface area contributed by atoms with E-state index in [9.17, 15) is 9.59 Å². The first-order valence-corrected chi connectivity index (χ1v) is 7.92. The Kier molecular flexibility index (Phi) is 6.83. The van der Waals surface area contributed by atoms with Crippen molar-refractivity contribution in [1.29, 1.82) is 0 Å². The fourth-order valence-electron chi connectivity index (χ4n) is 2.09. The number of hydrogen-bond acceptors (Lipinski definition) is 5. The molecule has 132 valence electrons. The summed E-state index contributed by atoms with van der Waals surface area (Å²) in [5.74, 6) is 0.0357. The molecule has 0 atom stereocenters. The molecule has 0 aliphatic carbocycles. The average molecular weight is 343 g/mol. The Bertz CT molecular complexity index is 712. The van der Waals surface area contributed by atoms with Crippen LogP contribution in [0.3, 0.4) is 0 Å². The summed E-state index contributed by atoms with van der Waals surface area (Å²) in [6, 6.07) is 14.4. The van der Waals surface area contributed by atoms with Crippen LogP contribution in [-0.4, -0.2) is 32.2 Å². The van der Waals surface area contributed by atoms with Crippen molar-refractivity contribution in [2.75, 3.05) is 25.6 Å². The van der Waals surface area contributed by atoms with Crippen molar-refractivity contribution in [1.82, 2.24) is 0 Å². The first kappa shape index (κ1) is 18.3. The molecule has 2 aromatic rings. The van der Waals surface area contributed by atoms with Crippen LogP contribution in [0.2, 0.25) is 0 Å². The number of aryl methyl sites for hydroxylation is 1. The molecule has 0 aliphatic rings. The smallest absolute Gasteiger partial charge is 0.344 e. The highest BCUT2D eigenvalue weighted by Crippen LogP contribution is 2.22. The van der Waals surface area contributed by atoms with E-state index in [-0.39, 0.29) is 6.61 Å². The van der Waals surface area contributed by atoms with Crippen LogP contribution in [0.25, 0.3) is 0 Å². The van der Waals surface area contributed by atoms with E-state index >= 15 is 0 Å². The van der Waals surface area contributed by atoms with Gasteiger partial charge in [-0.3, -0.25) is 4.79 Å². The zero-order valence-corrected chi connectivity index (χ0v) is 14.3. The van der Waals surface area contributed by atoms with E-state index in [4.69, 9.17) is 14.2 Å². The molecule has 0 radical (unpaired) electrons. The van der Waals surface area contributed by atoms with Crippen molar-refractivity contribution in [2.45, 2.75) is 13.3 Å². The van der Waals surface area contributed by atoms with Gasteiger partial charge in [0.25, 0.3) is 5.91 Å². The van der Waals surface area contributed by atoms with Gasteiger partial charge >= 0.3 is 5.97 Å². The van der Waals surface area contributed by atoms with Crippen molar-refractivity contribution in [3.63, 3.8) is 0 Å². The topological polar surface area (TPSA) is 73.9 Å². The number of anilines is 1. The Morgan fingerprint density at radius 3 is 2.40 bits per heavy atom. The predicted molar refractivity (Wildman–Crippen MR) is 93.9 cm³/mol. The molecule has 0 aliphatic heterocycles. The molecule has 6 nitrogen and oxygen atoms in total. The average Bonchev–Trinajstić information content (AvgIpc) is 2.65. The van der Waals surface area contributed by atoms with E-state index in [1.807, 2.05) is 12.1 Å². The van der Waals surface area contributed by atoms with Gasteiger partial charge in [-0.05, 0) is 36.2 Å². The molecule has 6 heteroatoms. The van der Waals surface area contributed by atoms with Gasteiger partial charge in [-0.2, -0.15) is 0 Å². The van der Waals surface area contributed by atoms with Crippen molar-refractivity contribution in [3.05, 3.63) is 54.1 Å². The molecule has 0 saturated heterocycles. The Balaban J connectivity index is 1.74. The van der Waals surface area contributed by atoms with Gasteiger partial charge in [0.05, 0.1) is 12.8 Å². The summed E-state index contributed by atoms with van der Waals surface area (Å²) < 4.78 is 15.4. The fourth-order valence-corrected chi connectivity index (χ4v) is 2.09.